The number of fused-ring (bicyclic) bond motifs is 1. The number of carbonyl (C=O) groups excluding carboxylic acids is 1. The van der Waals surface area contributed by atoms with E-state index in [2.05, 4.69) is 5.32 Å². The summed E-state index contributed by atoms with van der Waals surface area (Å²) in [5, 5.41) is 3.00. The van der Waals surface area contributed by atoms with Gasteiger partial charge in [0.1, 0.15) is 5.58 Å². The Morgan fingerprint density at radius 3 is 2.32 bits per heavy atom. The topological polar surface area (TPSA) is 96.7 Å². The van der Waals surface area contributed by atoms with Crippen LogP contribution in [0.25, 0.3) is 11.0 Å². The van der Waals surface area contributed by atoms with Crippen molar-refractivity contribution >= 4 is 32.6 Å². The second-order valence-corrected chi connectivity index (χ2v) is 7.98. The van der Waals surface area contributed by atoms with E-state index in [1.807, 2.05) is 0 Å². The van der Waals surface area contributed by atoms with Gasteiger partial charge in [0, 0.05) is 24.8 Å². The first-order valence-electron chi connectivity index (χ1n) is 8.81. The molecule has 0 saturated heterocycles. The van der Waals surface area contributed by atoms with E-state index in [0.29, 0.717) is 29.7 Å². The maximum absolute atomic E-state index is 12.5. The fourth-order valence-electron chi connectivity index (χ4n) is 2.83. The predicted molar refractivity (Wildman–Crippen MR) is 107 cm³/mol. The van der Waals surface area contributed by atoms with Gasteiger partial charge in [0.05, 0.1) is 10.3 Å². The monoisotopic (exact) mass is 400 g/mol. The molecule has 1 N–H and O–H groups in total. The van der Waals surface area contributed by atoms with Gasteiger partial charge in [-0.2, -0.15) is 4.31 Å². The molecule has 146 valence electrons. The summed E-state index contributed by atoms with van der Waals surface area (Å²) < 4.78 is 31.9. The van der Waals surface area contributed by atoms with E-state index in [1.54, 1.807) is 38.1 Å². The molecule has 0 spiro atoms. The molecule has 7 nitrogen and oxygen atoms in total. The van der Waals surface area contributed by atoms with E-state index in [1.165, 1.54) is 28.6 Å². The van der Waals surface area contributed by atoms with Crippen molar-refractivity contribution in [1.29, 1.82) is 0 Å². The summed E-state index contributed by atoms with van der Waals surface area (Å²) in [4.78, 5) is 24.7. The molecule has 1 aromatic heterocycles. The van der Waals surface area contributed by atoms with Crippen molar-refractivity contribution in [2.45, 2.75) is 18.7 Å². The van der Waals surface area contributed by atoms with Crippen LogP contribution < -0.4 is 10.7 Å². The first-order valence-corrected chi connectivity index (χ1v) is 10.2. The zero-order chi connectivity index (χ0) is 20.3. The molecule has 2 aromatic carbocycles. The number of para-hydroxylation sites is 1. The van der Waals surface area contributed by atoms with Gasteiger partial charge in [-0.3, -0.25) is 9.59 Å². The minimum absolute atomic E-state index is 0.122. The Labute approximate surface area is 162 Å². The van der Waals surface area contributed by atoms with Crippen LogP contribution >= 0.6 is 0 Å². The summed E-state index contributed by atoms with van der Waals surface area (Å²) in [6.45, 7) is 4.29. The van der Waals surface area contributed by atoms with E-state index in [0.717, 1.165) is 6.07 Å². The van der Waals surface area contributed by atoms with Crippen molar-refractivity contribution in [2.24, 2.45) is 0 Å². The minimum Gasteiger partial charge on any atom is -0.451 e. The first-order chi connectivity index (χ1) is 13.4. The van der Waals surface area contributed by atoms with Gasteiger partial charge in [-0.25, -0.2) is 8.42 Å². The molecule has 0 fully saturated rings. The van der Waals surface area contributed by atoms with Crippen LogP contribution in [0.4, 0.5) is 5.69 Å². The third-order valence-corrected chi connectivity index (χ3v) is 6.38. The summed E-state index contributed by atoms with van der Waals surface area (Å²) in [7, 11) is -3.57. The highest BCUT2D eigenvalue weighted by molar-refractivity contribution is 7.89. The summed E-state index contributed by atoms with van der Waals surface area (Å²) >= 11 is 0. The number of carbonyl (C=O) groups is 1. The second kappa shape index (κ2) is 7.95. The molecule has 0 saturated carbocycles. The number of benzene rings is 2. The van der Waals surface area contributed by atoms with Crippen molar-refractivity contribution in [3.8, 4) is 0 Å². The van der Waals surface area contributed by atoms with Crippen LogP contribution in [-0.2, 0) is 10.0 Å². The summed E-state index contributed by atoms with van der Waals surface area (Å²) in [5.74, 6) is -0.717. The van der Waals surface area contributed by atoms with Crippen molar-refractivity contribution in [2.75, 3.05) is 18.4 Å². The van der Waals surface area contributed by atoms with Crippen molar-refractivity contribution in [1.82, 2.24) is 4.31 Å². The molecular formula is C20H20N2O5S. The SMILES string of the molecule is CCN(CC)S(=O)(=O)c1ccc(NC(=O)c2cc(=O)c3ccccc3o2)cc1. The lowest BCUT2D eigenvalue weighted by molar-refractivity contribution is 0.0997. The van der Waals surface area contributed by atoms with Gasteiger partial charge in [-0.15, -0.1) is 0 Å². The smallest absolute Gasteiger partial charge is 0.291 e. The lowest BCUT2D eigenvalue weighted by Crippen LogP contribution is -2.30. The molecule has 0 atom stereocenters. The molecular weight excluding hydrogens is 380 g/mol. The van der Waals surface area contributed by atoms with Crippen molar-refractivity contribution < 1.29 is 17.6 Å². The highest BCUT2D eigenvalue weighted by Crippen LogP contribution is 2.19. The van der Waals surface area contributed by atoms with Gasteiger partial charge in [-0.05, 0) is 36.4 Å². The van der Waals surface area contributed by atoms with Gasteiger partial charge >= 0.3 is 0 Å². The zero-order valence-electron chi connectivity index (χ0n) is 15.5. The number of sulfonamides is 1. The maximum Gasteiger partial charge on any atom is 0.291 e. The fourth-order valence-corrected chi connectivity index (χ4v) is 4.29. The quantitative estimate of drug-likeness (QED) is 0.686. The van der Waals surface area contributed by atoms with E-state index in [9.17, 15) is 18.0 Å². The van der Waals surface area contributed by atoms with Crippen molar-refractivity contribution in [3.05, 3.63) is 70.6 Å². The van der Waals surface area contributed by atoms with E-state index >= 15 is 0 Å². The maximum atomic E-state index is 12.5. The third-order valence-electron chi connectivity index (χ3n) is 4.31. The summed E-state index contributed by atoms with van der Waals surface area (Å²) in [6, 6.07) is 13.6. The number of nitrogens with zero attached hydrogens (tertiary/aromatic N) is 1. The second-order valence-electron chi connectivity index (χ2n) is 6.04. The van der Waals surface area contributed by atoms with Gasteiger partial charge < -0.3 is 9.73 Å². The van der Waals surface area contributed by atoms with Crippen LogP contribution in [0.5, 0.6) is 0 Å². The standard InChI is InChI=1S/C20H20N2O5S/c1-3-22(4-2)28(25,26)15-11-9-14(10-12-15)21-20(24)19-13-17(23)16-7-5-6-8-18(16)27-19/h5-13H,3-4H2,1-2H3,(H,21,24). The number of hydrogen-bond acceptors (Lipinski definition) is 5. The van der Waals surface area contributed by atoms with Crippen LogP contribution in [-0.4, -0.2) is 31.7 Å². The molecule has 0 aliphatic heterocycles. The lowest BCUT2D eigenvalue weighted by atomic mass is 10.2. The molecule has 3 rings (SSSR count). The number of nitrogens with one attached hydrogen (secondary N) is 1. The Hall–Kier alpha value is -2.97. The number of rotatable bonds is 6. The Balaban J connectivity index is 1.83. The molecule has 0 aliphatic rings. The summed E-state index contributed by atoms with van der Waals surface area (Å²) in [5.41, 5.74) is 0.396. The highest BCUT2D eigenvalue weighted by Gasteiger charge is 2.21. The third kappa shape index (κ3) is 3.83. The predicted octanol–water partition coefficient (Wildman–Crippen LogP) is 3.08. The average molecular weight is 400 g/mol. The van der Waals surface area contributed by atoms with Gasteiger partial charge in [0.15, 0.2) is 11.2 Å². The van der Waals surface area contributed by atoms with Crippen LogP contribution in [0.2, 0.25) is 0 Å². The molecule has 0 bridgehead atoms. The molecule has 1 heterocycles. The lowest BCUT2D eigenvalue weighted by Gasteiger charge is -2.18. The van der Waals surface area contributed by atoms with Gasteiger partial charge in [0.2, 0.25) is 10.0 Å². The Bertz CT molecular complexity index is 1160. The van der Waals surface area contributed by atoms with Gasteiger partial charge in [0.25, 0.3) is 5.91 Å². The Morgan fingerprint density at radius 1 is 1.04 bits per heavy atom. The molecule has 1 amide bonds. The normalized spacial score (nSPS) is 11.7. The van der Waals surface area contributed by atoms with Crippen LogP contribution in [0.3, 0.4) is 0 Å². The minimum atomic E-state index is -3.57. The Kier molecular flexibility index (Phi) is 5.62. The van der Waals surface area contributed by atoms with E-state index in [-0.39, 0.29) is 16.1 Å². The first kappa shape index (κ1) is 19.8. The fraction of sp³-hybridized carbons (Fsp3) is 0.200. The highest BCUT2D eigenvalue weighted by atomic mass is 32.2. The van der Waals surface area contributed by atoms with E-state index in [4.69, 9.17) is 4.42 Å². The zero-order valence-corrected chi connectivity index (χ0v) is 16.3. The van der Waals surface area contributed by atoms with Crippen LogP contribution in [0, 0.1) is 0 Å². The summed E-state index contributed by atoms with van der Waals surface area (Å²) in [6.07, 6.45) is 0. The molecule has 0 radical (unpaired) electrons. The Morgan fingerprint density at radius 2 is 1.68 bits per heavy atom. The molecule has 0 unspecified atom stereocenters. The van der Waals surface area contributed by atoms with E-state index < -0.39 is 15.9 Å². The molecule has 0 aliphatic carbocycles. The van der Waals surface area contributed by atoms with Crippen LogP contribution in [0.15, 0.2) is 68.7 Å². The number of hydrogen-bond donors (Lipinski definition) is 1. The molecule has 3 aromatic rings. The molecule has 28 heavy (non-hydrogen) atoms. The number of amides is 1. The molecule has 8 heteroatoms. The van der Waals surface area contributed by atoms with Crippen molar-refractivity contribution in [3.63, 3.8) is 0 Å². The average Bonchev–Trinajstić information content (AvgIpc) is 2.69. The number of anilines is 1. The largest absolute Gasteiger partial charge is 0.451 e. The van der Waals surface area contributed by atoms with Gasteiger partial charge in [-0.1, -0.05) is 26.0 Å². The van der Waals surface area contributed by atoms with Crippen LogP contribution in [0.1, 0.15) is 24.4 Å².